The smallest absolute Gasteiger partial charge is 0.374 e. The van der Waals surface area contributed by atoms with Crippen molar-refractivity contribution in [2.24, 2.45) is 0 Å². The third kappa shape index (κ3) is 4.97. The van der Waals surface area contributed by atoms with Gasteiger partial charge in [-0.2, -0.15) is 0 Å². The molecule has 7 heteroatoms. The van der Waals surface area contributed by atoms with Crippen molar-refractivity contribution >= 4 is 23.1 Å². The average molecular weight is 416 g/mol. The highest BCUT2D eigenvalue weighted by atomic mass is 35.5. The van der Waals surface area contributed by atoms with Crippen LogP contribution in [-0.4, -0.2) is 18.1 Å². The van der Waals surface area contributed by atoms with E-state index in [0.29, 0.717) is 16.8 Å². The number of nitrogens with zero attached hydrogens (tertiary/aromatic N) is 1. The van der Waals surface area contributed by atoms with Crippen LogP contribution >= 0.6 is 11.6 Å². The molecule has 2 aromatic carbocycles. The Balaban J connectivity index is 2.28. The highest BCUT2D eigenvalue weighted by molar-refractivity contribution is 6.29. The summed E-state index contributed by atoms with van der Waals surface area (Å²) in [5.74, 6) is -1.88. The van der Waals surface area contributed by atoms with Gasteiger partial charge in [-0.15, -0.1) is 0 Å². The second-order valence-electron chi connectivity index (χ2n) is 6.09. The number of rotatable bonds is 5. The largest absolute Gasteiger partial charge is 0.463 e. The summed E-state index contributed by atoms with van der Waals surface area (Å²) in [7, 11) is 1.19. The minimum Gasteiger partial charge on any atom is -0.463 e. The Morgan fingerprint density at radius 1 is 0.966 bits per heavy atom. The van der Waals surface area contributed by atoms with E-state index in [9.17, 15) is 13.6 Å². The summed E-state index contributed by atoms with van der Waals surface area (Å²) < 4.78 is 38.5. The normalized spacial score (nSPS) is 10.4. The van der Waals surface area contributed by atoms with E-state index in [4.69, 9.17) is 21.1 Å². The van der Waals surface area contributed by atoms with Gasteiger partial charge < -0.3 is 9.47 Å². The maximum absolute atomic E-state index is 13.9. The molecule has 29 heavy (non-hydrogen) atoms. The van der Waals surface area contributed by atoms with Crippen LogP contribution in [0.25, 0.3) is 5.57 Å². The van der Waals surface area contributed by atoms with E-state index in [1.54, 1.807) is 25.1 Å². The third-order valence-corrected chi connectivity index (χ3v) is 4.13. The number of carbonyl (C=O) groups excluding carboxylic acids is 1. The molecule has 0 aliphatic carbocycles. The quantitative estimate of drug-likeness (QED) is 0.244. The molecular weight excluding hydrogens is 400 g/mol. The number of esters is 1. The number of carbonyl (C=O) groups is 1. The van der Waals surface area contributed by atoms with E-state index >= 15 is 0 Å². The molecule has 3 aromatic rings. The minimum atomic E-state index is -0.820. The number of halogens is 3. The van der Waals surface area contributed by atoms with Gasteiger partial charge in [-0.25, -0.2) is 18.6 Å². The van der Waals surface area contributed by atoms with Gasteiger partial charge in [0.2, 0.25) is 5.76 Å². The summed E-state index contributed by atoms with van der Waals surface area (Å²) in [6, 6.07) is 14.1. The zero-order valence-corrected chi connectivity index (χ0v) is 16.3. The second-order valence-corrected chi connectivity index (χ2v) is 6.47. The Morgan fingerprint density at radius 3 is 2.03 bits per heavy atom. The highest BCUT2D eigenvalue weighted by Crippen LogP contribution is 2.31. The topological polar surface area (TPSA) is 48.4 Å². The lowest BCUT2D eigenvalue weighted by molar-refractivity contribution is -0.138. The van der Waals surface area contributed by atoms with Crippen LogP contribution in [0.15, 0.2) is 66.4 Å². The number of hydrogen-bond acceptors (Lipinski definition) is 4. The summed E-state index contributed by atoms with van der Waals surface area (Å²) in [6.45, 7) is 1.71. The molecule has 0 saturated carbocycles. The molecule has 3 rings (SSSR count). The molecule has 1 aromatic heterocycles. The van der Waals surface area contributed by atoms with Crippen molar-refractivity contribution in [2.45, 2.75) is 6.92 Å². The number of aromatic nitrogens is 1. The van der Waals surface area contributed by atoms with Crippen LogP contribution in [0.3, 0.4) is 0 Å². The third-order valence-electron chi connectivity index (χ3n) is 3.94. The van der Waals surface area contributed by atoms with Gasteiger partial charge in [0.1, 0.15) is 22.5 Å². The number of aryl methyl sites for hydroxylation is 1. The molecule has 148 valence electrons. The molecule has 0 atom stereocenters. The summed E-state index contributed by atoms with van der Waals surface area (Å²) in [4.78, 5) is 16.6. The fraction of sp³-hybridized carbons (Fsp3) is 0.0909. The van der Waals surface area contributed by atoms with Crippen molar-refractivity contribution in [3.8, 4) is 5.75 Å². The predicted octanol–water partition coefficient (Wildman–Crippen LogP) is 5.33. The summed E-state index contributed by atoms with van der Waals surface area (Å²) in [5.41, 5.74) is 1.36. The first-order valence-corrected chi connectivity index (χ1v) is 8.91. The number of methoxy groups -OCH3 is 1. The lowest BCUT2D eigenvalue weighted by Crippen LogP contribution is -2.14. The minimum absolute atomic E-state index is 0.168. The maximum Gasteiger partial charge on any atom is 0.374 e. The molecule has 0 fully saturated rings. The van der Waals surface area contributed by atoms with Crippen LogP contribution in [0.1, 0.15) is 16.8 Å². The van der Waals surface area contributed by atoms with Crippen molar-refractivity contribution in [2.75, 3.05) is 7.11 Å². The molecule has 0 amide bonds. The molecule has 0 aliphatic heterocycles. The van der Waals surface area contributed by atoms with Crippen molar-refractivity contribution in [1.29, 1.82) is 0 Å². The van der Waals surface area contributed by atoms with E-state index in [1.807, 2.05) is 0 Å². The van der Waals surface area contributed by atoms with E-state index in [1.165, 1.54) is 49.6 Å². The van der Waals surface area contributed by atoms with Crippen molar-refractivity contribution in [3.05, 3.63) is 100 Å². The molecule has 0 unspecified atom stereocenters. The monoisotopic (exact) mass is 415 g/mol. The van der Waals surface area contributed by atoms with E-state index in [0.717, 1.165) is 0 Å². The van der Waals surface area contributed by atoms with E-state index in [2.05, 4.69) is 4.98 Å². The average Bonchev–Trinajstić information content (AvgIpc) is 2.66. The standard InChI is InChI=1S/C22H16ClF2NO3/c1-13-9-18(12-19(23)26-13)29-21(22(27)28-2)20(14-5-3-7-16(24)10-14)15-6-4-8-17(25)11-15/h3-12H,1-2H3. The molecule has 0 radical (unpaired) electrons. The summed E-state index contributed by atoms with van der Waals surface area (Å²) >= 11 is 5.98. The molecular formula is C22H16ClF2NO3. The van der Waals surface area contributed by atoms with Gasteiger partial charge in [0.05, 0.1) is 7.11 Å². The number of pyridine rings is 1. The zero-order valence-electron chi connectivity index (χ0n) is 15.6. The van der Waals surface area contributed by atoms with Crippen molar-refractivity contribution in [3.63, 3.8) is 0 Å². The van der Waals surface area contributed by atoms with Crippen LogP contribution in [0.5, 0.6) is 5.75 Å². The van der Waals surface area contributed by atoms with Gasteiger partial charge in [-0.1, -0.05) is 35.9 Å². The fourth-order valence-electron chi connectivity index (χ4n) is 2.78. The first-order chi connectivity index (χ1) is 13.9. The predicted molar refractivity (Wildman–Crippen MR) is 105 cm³/mol. The lowest BCUT2D eigenvalue weighted by Gasteiger charge is -2.16. The maximum atomic E-state index is 13.9. The van der Waals surface area contributed by atoms with Gasteiger partial charge in [-0.05, 0) is 42.3 Å². The first-order valence-electron chi connectivity index (χ1n) is 8.54. The SMILES string of the molecule is COC(=O)C(Oc1cc(C)nc(Cl)c1)=C(c1cccc(F)c1)c1cccc(F)c1. The van der Waals surface area contributed by atoms with Gasteiger partial charge in [0.25, 0.3) is 0 Å². The van der Waals surface area contributed by atoms with Crippen molar-refractivity contribution < 1.29 is 23.0 Å². The Kier molecular flexibility index (Phi) is 6.24. The molecule has 1 heterocycles. The van der Waals surface area contributed by atoms with Crippen molar-refractivity contribution in [1.82, 2.24) is 4.98 Å². The Bertz CT molecular complexity index is 1030. The number of hydrogen-bond donors (Lipinski definition) is 0. The van der Waals surface area contributed by atoms with Crippen LogP contribution in [-0.2, 0) is 9.53 Å². The lowest BCUT2D eigenvalue weighted by atomic mass is 9.96. The van der Waals surface area contributed by atoms with Crippen LogP contribution < -0.4 is 4.74 Å². The van der Waals surface area contributed by atoms with Gasteiger partial charge in [-0.3, -0.25) is 0 Å². The highest BCUT2D eigenvalue weighted by Gasteiger charge is 2.23. The van der Waals surface area contributed by atoms with Crippen LogP contribution in [0.2, 0.25) is 5.15 Å². The molecule has 0 bridgehead atoms. The van der Waals surface area contributed by atoms with E-state index in [-0.39, 0.29) is 22.2 Å². The fourth-order valence-corrected chi connectivity index (χ4v) is 3.02. The van der Waals surface area contributed by atoms with Crippen LogP contribution in [0.4, 0.5) is 8.78 Å². The number of benzene rings is 2. The van der Waals surface area contributed by atoms with Gasteiger partial charge >= 0.3 is 5.97 Å². The summed E-state index contributed by atoms with van der Waals surface area (Å²) in [5, 5.41) is 0.169. The van der Waals surface area contributed by atoms with Gasteiger partial charge in [0, 0.05) is 23.4 Å². The van der Waals surface area contributed by atoms with Gasteiger partial charge in [0.15, 0.2) is 0 Å². The van der Waals surface area contributed by atoms with E-state index < -0.39 is 17.6 Å². The van der Waals surface area contributed by atoms with Crippen LogP contribution in [0, 0.1) is 18.6 Å². The zero-order chi connectivity index (χ0) is 21.0. The molecule has 0 saturated heterocycles. The Labute approximate surface area is 171 Å². The second kappa shape index (κ2) is 8.84. The number of ether oxygens (including phenoxy) is 2. The summed E-state index contributed by atoms with van der Waals surface area (Å²) in [6.07, 6.45) is 0. The Hall–Kier alpha value is -3.25. The molecule has 0 spiro atoms. The Morgan fingerprint density at radius 2 is 1.55 bits per heavy atom. The molecule has 0 aliphatic rings. The molecule has 0 N–H and O–H groups in total. The first kappa shape index (κ1) is 20.5. The molecule has 4 nitrogen and oxygen atoms in total.